The summed E-state index contributed by atoms with van der Waals surface area (Å²) in [5.41, 5.74) is -0.255. The zero-order valence-corrected chi connectivity index (χ0v) is 11.4. The van der Waals surface area contributed by atoms with Crippen LogP contribution < -0.4 is 5.32 Å². The molecule has 20 heavy (non-hydrogen) atoms. The second kappa shape index (κ2) is 5.85. The molecule has 0 unspecified atom stereocenters. The van der Waals surface area contributed by atoms with Crippen molar-refractivity contribution in [2.75, 3.05) is 5.32 Å². The van der Waals surface area contributed by atoms with E-state index in [1.54, 1.807) is 12.1 Å². The first-order chi connectivity index (χ1) is 9.49. The molecule has 8 heteroatoms. The smallest absolute Gasteiger partial charge is 0.270 e. The summed E-state index contributed by atoms with van der Waals surface area (Å²) in [7, 11) is 0. The number of nitrogens with one attached hydrogen (secondary N) is 1. The van der Waals surface area contributed by atoms with Crippen LogP contribution in [0.5, 0.6) is 0 Å². The van der Waals surface area contributed by atoms with Gasteiger partial charge in [0, 0.05) is 18.3 Å². The molecule has 0 saturated heterocycles. The monoisotopic (exact) mass is 311 g/mol. The molecular weight excluding hydrogens is 305 g/mol. The first-order valence-electron chi connectivity index (χ1n) is 5.35. The molecule has 0 bridgehead atoms. The lowest BCUT2D eigenvalue weighted by molar-refractivity contribution is -0.384. The van der Waals surface area contributed by atoms with Crippen LogP contribution in [0.3, 0.4) is 0 Å². The van der Waals surface area contributed by atoms with E-state index < -0.39 is 10.8 Å². The number of carbonyl (C=O) groups is 1. The molecule has 0 atom stereocenters. The van der Waals surface area contributed by atoms with Crippen LogP contribution >= 0.6 is 23.2 Å². The Labute approximate surface area is 123 Å². The van der Waals surface area contributed by atoms with Crippen molar-refractivity contribution in [1.29, 1.82) is 0 Å². The zero-order valence-electron chi connectivity index (χ0n) is 9.84. The van der Waals surface area contributed by atoms with Crippen molar-refractivity contribution in [1.82, 2.24) is 4.98 Å². The molecule has 102 valence electrons. The van der Waals surface area contributed by atoms with Gasteiger partial charge in [-0.15, -0.1) is 0 Å². The van der Waals surface area contributed by atoms with Gasteiger partial charge in [-0.25, -0.2) is 4.98 Å². The lowest BCUT2D eigenvalue weighted by atomic mass is 10.2. The minimum atomic E-state index is -0.626. The number of aromatic nitrogens is 1. The number of pyridine rings is 1. The summed E-state index contributed by atoms with van der Waals surface area (Å²) in [5, 5.41) is 13.5. The van der Waals surface area contributed by atoms with E-state index in [0.29, 0.717) is 0 Å². The average Bonchev–Trinajstić information content (AvgIpc) is 2.41. The number of nitro groups is 1. The highest BCUT2D eigenvalue weighted by atomic mass is 35.5. The molecule has 2 rings (SSSR count). The van der Waals surface area contributed by atoms with Crippen LogP contribution in [0.15, 0.2) is 36.5 Å². The lowest BCUT2D eigenvalue weighted by Gasteiger charge is -2.07. The van der Waals surface area contributed by atoms with E-state index in [4.69, 9.17) is 23.2 Å². The van der Waals surface area contributed by atoms with Crippen molar-refractivity contribution in [3.8, 4) is 0 Å². The molecule has 1 aromatic carbocycles. The average molecular weight is 312 g/mol. The minimum Gasteiger partial charge on any atom is -0.305 e. The Kier molecular flexibility index (Phi) is 4.16. The van der Waals surface area contributed by atoms with E-state index in [9.17, 15) is 14.9 Å². The van der Waals surface area contributed by atoms with Crippen molar-refractivity contribution >= 4 is 40.6 Å². The number of nitrogens with zero attached hydrogens (tertiary/aromatic N) is 2. The summed E-state index contributed by atoms with van der Waals surface area (Å²) >= 11 is 11.7. The van der Waals surface area contributed by atoms with Crippen LogP contribution in [0.2, 0.25) is 10.0 Å². The van der Waals surface area contributed by atoms with Crippen molar-refractivity contribution in [3.63, 3.8) is 0 Å². The molecule has 1 amide bonds. The molecule has 2 aromatic rings. The molecule has 0 aliphatic rings. The summed E-state index contributed by atoms with van der Waals surface area (Å²) in [6.07, 6.45) is 1.45. The maximum absolute atomic E-state index is 12.0. The quantitative estimate of drug-likeness (QED) is 0.693. The van der Waals surface area contributed by atoms with Gasteiger partial charge in [0.05, 0.1) is 20.5 Å². The van der Waals surface area contributed by atoms with Gasteiger partial charge in [0.25, 0.3) is 11.6 Å². The Morgan fingerprint density at radius 1 is 1.25 bits per heavy atom. The Morgan fingerprint density at radius 2 is 2.00 bits per heavy atom. The van der Waals surface area contributed by atoms with Gasteiger partial charge in [-0.3, -0.25) is 14.9 Å². The van der Waals surface area contributed by atoms with Gasteiger partial charge in [-0.1, -0.05) is 23.2 Å². The fourth-order valence-electron chi connectivity index (χ4n) is 1.45. The van der Waals surface area contributed by atoms with E-state index in [-0.39, 0.29) is 27.1 Å². The van der Waals surface area contributed by atoms with Crippen molar-refractivity contribution in [3.05, 3.63) is 62.3 Å². The SMILES string of the molecule is O=C(Nc1ncccc1Cl)c1cc([N+](=O)[O-])ccc1Cl. The van der Waals surface area contributed by atoms with E-state index >= 15 is 0 Å². The maximum Gasteiger partial charge on any atom is 0.270 e. The lowest BCUT2D eigenvalue weighted by Crippen LogP contribution is -2.14. The molecule has 0 aliphatic heterocycles. The summed E-state index contributed by atoms with van der Waals surface area (Å²) in [6.45, 7) is 0. The van der Waals surface area contributed by atoms with Crippen LogP contribution in [0, 0.1) is 10.1 Å². The number of benzene rings is 1. The van der Waals surface area contributed by atoms with Crippen LogP contribution in [0.25, 0.3) is 0 Å². The number of hydrogen-bond acceptors (Lipinski definition) is 4. The Hall–Kier alpha value is -2.18. The molecule has 1 aromatic heterocycles. The zero-order chi connectivity index (χ0) is 14.7. The molecular formula is C12H7Cl2N3O3. The number of nitro benzene ring substituents is 1. The van der Waals surface area contributed by atoms with Crippen LogP contribution in [-0.2, 0) is 0 Å². The van der Waals surface area contributed by atoms with Crippen LogP contribution in [0.4, 0.5) is 11.5 Å². The van der Waals surface area contributed by atoms with Gasteiger partial charge in [-0.2, -0.15) is 0 Å². The van der Waals surface area contributed by atoms with E-state index in [1.165, 1.54) is 18.3 Å². The number of carbonyl (C=O) groups excluding carboxylic acids is 1. The highest BCUT2D eigenvalue weighted by Crippen LogP contribution is 2.24. The van der Waals surface area contributed by atoms with Gasteiger partial charge in [0.2, 0.25) is 0 Å². The predicted octanol–water partition coefficient (Wildman–Crippen LogP) is 3.55. The first-order valence-corrected chi connectivity index (χ1v) is 6.10. The van der Waals surface area contributed by atoms with E-state index in [0.717, 1.165) is 6.07 Å². The molecule has 0 radical (unpaired) electrons. The molecule has 0 fully saturated rings. The summed E-state index contributed by atoms with van der Waals surface area (Å²) < 4.78 is 0. The summed E-state index contributed by atoms with van der Waals surface area (Å²) in [6, 6.07) is 6.76. The predicted molar refractivity (Wildman–Crippen MR) is 75.3 cm³/mol. The fraction of sp³-hybridized carbons (Fsp3) is 0. The highest BCUT2D eigenvalue weighted by molar-refractivity contribution is 6.35. The standard InChI is InChI=1S/C12H7Cl2N3O3/c13-9-4-3-7(17(19)20)6-8(9)12(18)16-11-10(14)2-1-5-15-11/h1-6H,(H,15,16,18). The topological polar surface area (TPSA) is 85.1 Å². The van der Waals surface area contributed by atoms with Crippen LogP contribution in [-0.4, -0.2) is 15.8 Å². The number of anilines is 1. The largest absolute Gasteiger partial charge is 0.305 e. The third-order valence-corrected chi connectivity index (χ3v) is 3.03. The molecule has 1 heterocycles. The molecule has 6 nitrogen and oxygen atoms in total. The normalized spacial score (nSPS) is 10.1. The van der Waals surface area contributed by atoms with Crippen molar-refractivity contribution < 1.29 is 9.72 Å². The van der Waals surface area contributed by atoms with Gasteiger partial charge in [0.15, 0.2) is 5.82 Å². The van der Waals surface area contributed by atoms with E-state index in [1.807, 2.05) is 0 Å². The third kappa shape index (κ3) is 3.04. The number of halogens is 2. The second-order valence-corrected chi connectivity index (χ2v) is 4.52. The number of hydrogen-bond donors (Lipinski definition) is 1. The molecule has 1 N–H and O–H groups in total. The molecule has 0 saturated carbocycles. The second-order valence-electron chi connectivity index (χ2n) is 3.71. The minimum absolute atomic E-state index is 0.0254. The Bertz CT molecular complexity index is 691. The Balaban J connectivity index is 2.32. The first kappa shape index (κ1) is 14.2. The third-order valence-electron chi connectivity index (χ3n) is 2.40. The number of amides is 1. The van der Waals surface area contributed by atoms with Crippen LogP contribution in [0.1, 0.15) is 10.4 Å². The summed E-state index contributed by atoms with van der Waals surface area (Å²) in [5.74, 6) is -0.471. The van der Waals surface area contributed by atoms with Gasteiger partial charge >= 0.3 is 0 Å². The Morgan fingerprint density at radius 3 is 2.65 bits per heavy atom. The van der Waals surface area contributed by atoms with Crippen molar-refractivity contribution in [2.24, 2.45) is 0 Å². The number of non-ortho nitro benzene ring substituents is 1. The van der Waals surface area contributed by atoms with Gasteiger partial charge in [-0.05, 0) is 18.2 Å². The molecule has 0 aliphatic carbocycles. The highest BCUT2D eigenvalue weighted by Gasteiger charge is 2.17. The van der Waals surface area contributed by atoms with Crippen molar-refractivity contribution in [2.45, 2.75) is 0 Å². The maximum atomic E-state index is 12.0. The number of rotatable bonds is 3. The summed E-state index contributed by atoms with van der Waals surface area (Å²) in [4.78, 5) is 26.0. The van der Waals surface area contributed by atoms with Gasteiger partial charge < -0.3 is 5.32 Å². The fourth-order valence-corrected chi connectivity index (χ4v) is 1.83. The van der Waals surface area contributed by atoms with Gasteiger partial charge in [0.1, 0.15) is 0 Å². The van der Waals surface area contributed by atoms with E-state index in [2.05, 4.69) is 10.3 Å². The molecule has 0 spiro atoms.